The molecule has 28 heavy (non-hydrogen) atoms. The average Bonchev–Trinajstić information content (AvgIpc) is 2.71. The van der Waals surface area contributed by atoms with Crippen molar-refractivity contribution in [2.45, 2.75) is 53.0 Å². The van der Waals surface area contributed by atoms with Crippen molar-refractivity contribution in [2.24, 2.45) is 5.92 Å². The van der Waals surface area contributed by atoms with Crippen LogP contribution in [0.4, 0.5) is 5.69 Å². The molecule has 0 aromatic heterocycles. The van der Waals surface area contributed by atoms with Crippen molar-refractivity contribution in [1.82, 2.24) is 4.90 Å². The molecule has 0 radical (unpaired) electrons. The predicted molar refractivity (Wildman–Crippen MR) is 113 cm³/mol. The van der Waals surface area contributed by atoms with Crippen LogP contribution in [0, 0.1) is 12.8 Å². The maximum atomic E-state index is 12.5. The van der Waals surface area contributed by atoms with Gasteiger partial charge in [0.05, 0.1) is 0 Å². The summed E-state index contributed by atoms with van der Waals surface area (Å²) in [6, 6.07) is 14.4. The molecular weight excluding hydrogens is 348 g/mol. The van der Waals surface area contributed by atoms with Crippen LogP contribution in [0.5, 0.6) is 0 Å². The summed E-state index contributed by atoms with van der Waals surface area (Å²) in [6.45, 7) is 7.50. The zero-order valence-electron chi connectivity index (χ0n) is 17.1. The number of anilines is 1. The van der Waals surface area contributed by atoms with E-state index in [0.29, 0.717) is 13.0 Å². The van der Waals surface area contributed by atoms with E-state index in [1.807, 2.05) is 30.9 Å². The minimum absolute atomic E-state index is 0.0175. The summed E-state index contributed by atoms with van der Waals surface area (Å²) in [5, 5.41) is 3.01. The SMILES string of the molecule is CCC(C)C(=O)N1CCc2ccc(NC(=O)CCc3ccc(C)cc3)cc2C1. The number of aryl methyl sites for hydroxylation is 2. The Bertz CT molecular complexity index is 842. The van der Waals surface area contributed by atoms with E-state index in [0.717, 1.165) is 37.1 Å². The van der Waals surface area contributed by atoms with Gasteiger partial charge < -0.3 is 10.2 Å². The van der Waals surface area contributed by atoms with E-state index in [2.05, 4.69) is 42.6 Å². The molecule has 1 aliphatic rings. The van der Waals surface area contributed by atoms with E-state index in [4.69, 9.17) is 0 Å². The lowest BCUT2D eigenvalue weighted by molar-refractivity contribution is -0.136. The van der Waals surface area contributed by atoms with Crippen molar-refractivity contribution in [1.29, 1.82) is 0 Å². The predicted octanol–water partition coefficient (Wildman–Crippen LogP) is 4.50. The molecule has 1 unspecified atom stereocenters. The molecule has 1 N–H and O–H groups in total. The number of carbonyl (C=O) groups is 2. The van der Waals surface area contributed by atoms with Crippen molar-refractivity contribution in [3.63, 3.8) is 0 Å². The smallest absolute Gasteiger partial charge is 0.225 e. The van der Waals surface area contributed by atoms with Crippen LogP contribution in [0.25, 0.3) is 0 Å². The van der Waals surface area contributed by atoms with Gasteiger partial charge in [0, 0.05) is 31.1 Å². The Morgan fingerprint density at radius 1 is 1.11 bits per heavy atom. The third kappa shape index (κ3) is 5.00. The first kappa shape index (κ1) is 20.1. The van der Waals surface area contributed by atoms with Gasteiger partial charge in [-0.2, -0.15) is 0 Å². The van der Waals surface area contributed by atoms with E-state index in [-0.39, 0.29) is 17.7 Å². The standard InChI is InChI=1S/C24H30N2O2/c1-4-18(3)24(28)26-14-13-20-10-11-22(15-21(20)16-26)25-23(27)12-9-19-7-5-17(2)6-8-19/h5-8,10-11,15,18H,4,9,12-14,16H2,1-3H3,(H,25,27). The van der Waals surface area contributed by atoms with E-state index in [9.17, 15) is 9.59 Å². The molecule has 4 heteroatoms. The fourth-order valence-electron chi connectivity index (χ4n) is 3.55. The zero-order valence-corrected chi connectivity index (χ0v) is 17.1. The Morgan fingerprint density at radius 3 is 2.57 bits per heavy atom. The number of rotatable bonds is 6. The average molecular weight is 379 g/mol. The van der Waals surface area contributed by atoms with Crippen LogP contribution in [-0.4, -0.2) is 23.3 Å². The first-order valence-corrected chi connectivity index (χ1v) is 10.2. The highest BCUT2D eigenvalue weighted by molar-refractivity contribution is 5.91. The van der Waals surface area contributed by atoms with Gasteiger partial charge in [0.2, 0.25) is 11.8 Å². The molecule has 2 aromatic carbocycles. The number of hydrogen-bond acceptors (Lipinski definition) is 2. The van der Waals surface area contributed by atoms with Crippen molar-refractivity contribution in [3.8, 4) is 0 Å². The van der Waals surface area contributed by atoms with Crippen molar-refractivity contribution >= 4 is 17.5 Å². The molecular formula is C24H30N2O2. The van der Waals surface area contributed by atoms with Crippen LogP contribution in [0.3, 0.4) is 0 Å². The molecule has 0 saturated heterocycles. The van der Waals surface area contributed by atoms with Crippen LogP contribution < -0.4 is 5.32 Å². The molecule has 0 aliphatic carbocycles. The molecule has 148 valence electrons. The van der Waals surface area contributed by atoms with Crippen LogP contribution in [0.1, 0.15) is 48.9 Å². The van der Waals surface area contributed by atoms with Crippen molar-refractivity contribution < 1.29 is 9.59 Å². The van der Waals surface area contributed by atoms with Gasteiger partial charge in [-0.1, -0.05) is 49.7 Å². The fourth-order valence-corrected chi connectivity index (χ4v) is 3.55. The number of hydrogen-bond donors (Lipinski definition) is 1. The lowest BCUT2D eigenvalue weighted by Crippen LogP contribution is -2.38. The van der Waals surface area contributed by atoms with E-state index in [1.165, 1.54) is 16.7 Å². The van der Waals surface area contributed by atoms with E-state index < -0.39 is 0 Å². The van der Waals surface area contributed by atoms with E-state index >= 15 is 0 Å². The van der Waals surface area contributed by atoms with Crippen LogP contribution in [-0.2, 0) is 29.0 Å². The summed E-state index contributed by atoms with van der Waals surface area (Å²) < 4.78 is 0. The molecule has 0 bridgehead atoms. The van der Waals surface area contributed by atoms with Crippen LogP contribution in [0.2, 0.25) is 0 Å². The third-order valence-corrected chi connectivity index (χ3v) is 5.61. The molecule has 0 fully saturated rings. The number of amides is 2. The Morgan fingerprint density at radius 2 is 1.86 bits per heavy atom. The maximum absolute atomic E-state index is 12.5. The van der Waals surface area contributed by atoms with Crippen molar-refractivity contribution in [2.75, 3.05) is 11.9 Å². The van der Waals surface area contributed by atoms with Crippen LogP contribution in [0.15, 0.2) is 42.5 Å². The summed E-state index contributed by atoms with van der Waals surface area (Å²) in [5.41, 5.74) is 5.61. The van der Waals surface area contributed by atoms with Gasteiger partial charge in [-0.05, 0) is 55.0 Å². The van der Waals surface area contributed by atoms with Gasteiger partial charge in [-0.15, -0.1) is 0 Å². The molecule has 0 saturated carbocycles. The summed E-state index contributed by atoms with van der Waals surface area (Å²) in [7, 11) is 0. The summed E-state index contributed by atoms with van der Waals surface area (Å²) in [4.78, 5) is 26.8. The Hall–Kier alpha value is -2.62. The Labute approximate surface area is 167 Å². The Balaban J connectivity index is 1.59. The third-order valence-electron chi connectivity index (χ3n) is 5.61. The molecule has 1 heterocycles. The van der Waals surface area contributed by atoms with Gasteiger partial charge in [0.25, 0.3) is 0 Å². The molecule has 2 aromatic rings. The lowest BCUT2D eigenvalue weighted by atomic mass is 9.97. The van der Waals surface area contributed by atoms with Gasteiger partial charge in [0.15, 0.2) is 0 Å². The molecule has 1 aliphatic heterocycles. The summed E-state index contributed by atoms with van der Waals surface area (Å²) in [5.74, 6) is 0.302. The minimum Gasteiger partial charge on any atom is -0.338 e. The van der Waals surface area contributed by atoms with Crippen molar-refractivity contribution in [3.05, 3.63) is 64.7 Å². The lowest BCUT2D eigenvalue weighted by Gasteiger charge is -2.31. The molecule has 3 rings (SSSR count). The second-order valence-corrected chi connectivity index (χ2v) is 7.84. The monoisotopic (exact) mass is 378 g/mol. The van der Waals surface area contributed by atoms with E-state index in [1.54, 1.807) is 0 Å². The number of benzene rings is 2. The highest BCUT2D eigenvalue weighted by Crippen LogP contribution is 2.24. The largest absolute Gasteiger partial charge is 0.338 e. The first-order valence-electron chi connectivity index (χ1n) is 10.2. The number of nitrogens with zero attached hydrogens (tertiary/aromatic N) is 1. The second-order valence-electron chi connectivity index (χ2n) is 7.84. The van der Waals surface area contributed by atoms with Gasteiger partial charge in [0.1, 0.15) is 0 Å². The first-order chi connectivity index (χ1) is 13.5. The Kier molecular flexibility index (Phi) is 6.50. The summed E-state index contributed by atoms with van der Waals surface area (Å²) >= 11 is 0. The molecule has 2 amide bonds. The van der Waals surface area contributed by atoms with Gasteiger partial charge in [-0.25, -0.2) is 0 Å². The topological polar surface area (TPSA) is 49.4 Å². The second kappa shape index (κ2) is 9.05. The van der Waals surface area contributed by atoms with Gasteiger partial charge in [-0.3, -0.25) is 9.59 Å². The van der Waals surface area contributed by atoms with Crippen LogP contribution >= 0.6 is 0 Å². The van der Waals surface area contributed by atoms with Gasteiger partial charge >= 0.3 is 0 Å². The molecule has 1 atom stereocenters. The normalized spacial score (nSPS) is 14.3. The quantitative estimate of drug-likeness (QED) is 0.805. The number of nitrogens with one attached hydrogen (secondary N) is 1. The molecule has 4 nitrogen and oxygen atoms in total. The highest BCUT2D eigenvalue weighted by atomic mass is 16.2. The zero-order chi connectivity index (χ0) is 20.1. The number of fused-ring (bicyclic) bond motifs is 1. The number of carbonyl (C=O) groups excluding carboxylic acids is 2. The summed E-state index contributed by atoms with van der Waals surface area (Å²) in [6.07, 6.45) is 2.92. The minimum atomic E-state index is 0.0175. The molecule has 0 spiro atoms. The fraction of sp³-hybridized carbons (Fsp3) is 0.417. The maximum Gasteiger partial charge on any atom is 0.225 e. The highest BCUT2D eigenvalue weighted by Gasteiger charge is 2.24.